The van der Waals surface area contributed by atoms with E-state index >= 15 is 0 Å². The van der Waals surface area contributed by atoms with Crippen LogP contribution in [-0.4, -0.2) is 57.6 Å². The fourth-order valence-electron chi connectivity index (χ4n) is 3.95. The first-order valence-corrected chi connectivity index (χ1v) is 10.9. The van der Waals surface area contributed by atoms with Crippen LogP contribution in [0.5, 0.6) is 11.6 Å². The van der Waals surface area contributed by atoms with E-state index in [4.69, 9.17) is 4.74 Å². The van der Waals surface area contributed by atoms with Gasteiger partial charge < -0.3 is 24.4 Å². The summed E-state index contributed by atoms with van der Waals surface area (Å²) >= 11 is 0. The number of aryl methyl sites for hydroxylation is 1. The molecule has 0 atom stereocenters. The topological polar surface area (TPSA) is 95.1 Å². The first kappa shape index (κ1) is 21.6. The van der Waals surface area contributed by atoms with Crippen LogP contribution >= 0.6 is 0 Å². The fourth-order valence-corrected chi connectivity index (χ4v) is 3.95. The molecule has 0 spiro atoms. The molecule has 4 aromatic rings. The van der Waals surface area contributed by atoms with Crippen molar-refractivity contribution >= 4 is 28.2 Å². The van der Waals surface area contributed by atoms with Gasteiger partial charge in [-0.2, -0.15) is 5.26 Å². The lowest BCUT2D eigenvalue weighted by Crippen LogP contribution is -2.44. The molecule has 3 aromatic heterocycles. The van der Waals surface area contributed by atoms with Crippen molar-refractivity contribution in [2.24, 2.45) is 7.05 Å². The van der Waals surface area contributed by atoms with Gasteiger partial charge in [0.2, 0.25) is 5.88 Å². The van der Waals surface area contributed by atoms with Crippen LogP contribution in [-0.2, 0) is 7.05 Å². The molecule has 172 valence electrons. The number of piperazine rings is 1. The van der Waals surface area contributed by atoms with Gasteiger partial charge in [-0.3, -0.25) is 0 Å². The molecule has 1 N–H and O–H groups in total. The van der Waals surface area contributed by atoms with Gasteiger partial charge in [-0.05, 0) is 37.4 Å². The molecule has 0 amide bonds. The average molecular weight is 459 g/mol. The highest BCUT2D eigenvalue weighted by Gasteiger charge is 2.18. The van der Waals surface area contributed by atoms with Crippen LogP contribution in [0.3, 0.4) is 0 Å². The summed E-state index contributed by atoms with van der Waals surface area (Å²) in [5, 5.41) is 13.2. The molecular formula is C24H23FN8O. The summed E-state index contributed by atoms with van der Waals surface area (Å²) in [7, 11) is 3.95. The second kappa shape index (κ2) is 8.96. The summed E-state index contributed by atoms with van der Waals surface area (Å²) in [5.74, 6) is 0.179. The molecule has 0 radical (unpaired) electrons. The van der Waals surface area contributed by atoms with Crippen LogP contribution in [0.25, 0.3) is 10.9 Å². The largest absolute Gasteiger partial charge is 0.434 e. The summed E-state index contributed by atoms with van der Waals surface area (Å²) in [6.45, 7) is 3.91. The third-order valence-corrected chi connectivity index (χ3v) is 5.96. The monoisotopic (exact) mass is 458 g/mol. The van der Waals surface area contributed by atoms with E-state index in [0.29, 0.717) is 11.2 Å². The van der Waals surface area contributed by atoms with Crippen LogP contribution in [0.15, 0.2) is 49.1 Å². The van der Waals surface area contributed by atoms with E-state index in [1.165, 1.54) is 12.4 Å². The molecule has 0 unspecified atom stereocenters. The zero-order valence-electron chi connectivity index (χ0n) is 18.9. The zero-order valence-corrected chi connectivity index (χ0v) is 18.9. The number of fused-ring (bicyclic) bond motifs is 1. The Hall–Kier alpha value is -4.23. The number of hydrogen-bond donors (Lipinski definition) is 1. The molecule has 10 heteroatoms. The van der Waals surface area contributed by atoms with Gasteiger partial charge in [0.25, 0.3) is 0 Å². The van der Waals surface area contributed by atoms with Crippen molar-refractivity contribution in [3.05, 3.63) is 60.4 Å². The summed E-state index contributed by atoms with van der Waals surface area (Å²) in [6.07, 6.45) is 4.83. The lowest BCUT2D eigenvalue weighted by atomic mass is 10.2. The Morgan fingerprint density at radius 3 is 2.59 bits per heavy atom. The Morgan fingerprint density at radius 2 is 1.85 bits per heavy atom. The molecule has 4 heterocycles. The Balaban J connectivity index is 1.37. The second-order valence-corrected chi connectivity index (χ2v) is 8.17. The SMILES string of the molecule is CN1CCN(c2ccc(Nc3ncnc(Oc4ccc5c(ccn5C)c4F)c3C#N)nc2)CC1. The van der Waals surface area contributed by atoms with Crippen LogP contribution in [0.1, 0.15) is 5.56 Å². The Labute approximate surface area is 196 Å². The van der Waals surface area contributed by atoms with Crippen molar-refractivity contribution in [3.8, 4) is 17.7 Å². The van der Waals surface area contributed by atoms with Crippen LogP contribution < -0.4 is 15.0 Å². The molecule has 0 aliphatic carbocycles. The average Bonchev–Trinajstić information content (AvgIpc) is 3.23. The number of likely N-dealkylation sites (N-methyl/N-ethyl adjacent to an activating group) is 1. The maximum Gasteiger partial charge on any atom is 0.242 e. The standard InChI is InChI=1S/C24H23FN8O/c1-31-9-11-33(12-10-31)16-3-6-21(27-14-16)30-23-18(13-26)24(29-15-28-23)34-20-5-4-19-17(22(20)25)7-8-32(19)2/h3-8,14-15H,9-12H2,1-2H3,(H,27,28,29,30). The van der Waals surface area contributed by atoms with Gasteiger partial charge in [-0.25, -0.2) is 19.3 Å². The summed E-state index contributed by atoms with van der Waals surface area (Å²) < 4.78 is 22.5. The van der Waals surface area contributed by atoms with Gasteiger partial charge in [-0.15, -0.1) is 0 Å². The quantitative estimate of drug-likeness (QED) is 0.484. The summed E-state index contributed by atoms with van der Waals surface area (Å²) in [6, 6.07) is 10.8. The normalized spacial score (nSPS) is 14.2. The van der Waals surface area contributed by atoms with E-state index in [-0.39, 0.29) is 23.0 Å². The number of hydrogen-bond acceptors (Lipinski definition) is 8. The van der Waals surface area contributed by atoms with E-state index in [1.807, 2.05) is 23.7 Å². The van der Waals surface area contributed by atoms with E-state index in [1.54, 1.807) is 24.5 Å². The van der Waals surface area contributed by atoms with Gasteiger partial charge in [0.15, 0.2) is 22.9 Å². The Morgan fingerprint density at radius 1 is 1.03 bits per heavy atom. The Kier molecular flexibility index (Phi) is 5.69. The minimum absolute atomic E-state index is 0.0190. The number of rotatable bonds is 5. The number of halogens is 1. The molecule has 0 saturated carbocycles. The first-order valence-electron chi connectivity index (χ1n) is 10.9. The van der Waals surface area contributed by atoms with Crippen molar-refractivity contribution in [1.29, 1.82) is 5.26 Å². The third kappa shape index (κ3) is 4.09. The Bertz CT molecular complexity index is 1370. The molecule has 1 saturated heterocycles. The first-order chi connectivity index (χ1) is 16.5. The highest BCUT2D eigenvalue weighted by molar-refractivity contribution is 5.82. The minimum atomic E-state index is -0.517. The van der Waals surface area contributed by atoms with E-state index in [9.17, 15) is 9.65 Å². The summed E-state index contributed by atoms with van der Waals surface area (Å²) in [5.41, 5.74) is 1.83. The lowest BCUT2D eigenvalue weighted by Gasteiger charge is -2.33. The van der Waals surface area contributed by atoms with Gasteiger partial charge >= 0.3 is 0 Å². The molecule has 0 bridgehead atoms. The van der Waals surface area contributed by atoms with E-state index in [0.717, 1.165) is 37.4 Å². The van der Waals surface area contributed by atoms with Crippen LogP contribution in [0.4, 0.5) is 21.7 Å². The molecule has 9 nitrogen and oxygen atoms in total. The number of nitrogens with one attached hydrogen (secondary N) is 1. The number of nitrogens with zero attached hydrogens (tertiary/aromatic N) is 7. The zero-order chi connectivity index (χ0) is 23.7. The molecular weight excluding hydrogens is 435 g/mol. The third-order valence-electron chi connectivity index (χ3n) is 5.96. The predicted octanol–water partition coefficient (Wildman–Crippen LogP) is 3.66. The highest BCUT2D eigenvalue weighted by atomic mass is 19.1. The van der Waals surface area contributed by atoms with E-state index < -0.39 is 5.82 Å². The number of benzene rings is 1. The highest BCUT2D eigenvalue weighted by Crippen LogP contribution is 2.32. The van der Waals surface area contributed by atoms with Crippen LogP contribution in [0.2, 0.25) is 0 Å². The van der Waals surface area contributed by atoms with Gasteiger partial charge in [0.1, 0.15) is 18.2 Å². The minimum Gasteiger partial charge on any atom is -0.434 e. The van der Waals surface area contributed by atoms with Crippen molar-refractivity contribution in [1.82, 2.24) is 24.4 Å². The predicted molar refractivity (Wildman–Crippen MR) is 127 cm³/mol. The molecule has 1 aliphatic rings. The van der Waals surface area contributed by atoms with Gasteiger partial charge in [-0.1, -0.05) is 0 Å². The number of aromatic nitrogens is 4. The van der Waals surface area contributed by atoms with Crippen molar-refractivity contribution in [2.45, 2.75) is 0 Å². The smallest absolute Gasteiger partial charge is 0.242 e. The van der Waals surface area contributed by atoms with Crippen molar-refractivity contribution < 1.29 is 9.13 Å². The summed E-state index contributed by atoms with van der Waals surface area (Å²) in [4.78, 5) is 17.3. The van der Waals surface area contributed by atoms with Crippen LogP contribution in [0, 0.1) is 17.1 Å². The number of ether oxygens (including phenoxy) is 1. The number of pyridine rings is 1. The van der Waals surface area contributed by atoms with Crippen molar-refractivity contribution in [3.63, 3.8) is 0 Å². The molecule has 1 aliphatic heterocycles. The number of anilines is 3. The molecule has 5 rings (SSSR count). The fraction of sp³-hybridized carbons (Fsp3) is 0.250. The maximum absolute atomic E-state index is 15.0. The van der Waals surface area contributed by atoms with E-state index in [2.05, 4.69) is 43.2 Å². The molecule has 1 aromatic carbocycles. The second-order valence-electron chi connectivity index (χ2n) is 8.17. The number of nitriles is 1. The molecule has 1 fully saturated rings. The van der Waals surface area contributed by atoms with Crippen molar-refractivity contribution in [2.75, 3.05) is 43.4 Å². The lowest BCUT2D eigenvalue weighted by molar-refractivity contribution is 0.313. The van der Waals surface area contributed by atoms with Gasteiger partial charge in [0, 0.05) is 44.8 Å². The molecule has 34 heavy (non-hydrogen) atoms. The van der Waals surface area contributed by atoms with Gasteiger partial charge in [0.05, 0.1) is 17.4 Å². The maximum atomic E-state index is 15.0.